The molecule has 0 spiro atoms. The maximum Gasteiger partial charge on any atom is 0.319 e. The van der Waals surface area contributed by atoms with Crippen molar-refractivity contribution in [1.82, 2.24) is 14.8 Å². The van der Waals surface area contributed by atoms with Crippen LogP contribution in [0.25, 0.3) is 17.1 Å². The lowest BCUT2D eigenvalue weighted by atomic mass is 10.2. The van der Waals surface area contributed by atoms with Crippen LogP contribution in [0.1, 0.15) is 13.8 Å². The molecule has 26 heavy (non-hydrogen) atoms. The minimum Gasteiger partial charge on any atom is -0.465 e. The van der Waals surface area contributed by atoms with Gasteiger partial charge in [-0.15, -0.1) is 10.2 Å². The molecule has 2 aromatic carbocycles. The molecule has 0 unspecified atom stereocenters. The second-order valence-corrected chi connectivity index (χ2v) is 6.80. The number of hydrogen-bond acceptors (Lipinski definition) is 5. The number of nitrogens with zero attached hydrogens (tertiary/aromatic N) is 3. The van der Waals surface area contributed by atoms with E-state index in [4.69, 9.17) is 4.74 Å². The molecule has 5 nitrogen and oxygen atoms in total. The summed E-state index contributed by atoms with van der Waals surface area (Å²) in [4.78, 5) is 12.0. The van der Waals surface area contributed by atoms with Crippen LogP contribution < -0.4 is 0 Å². The van der Waals surface area contributed by atoms with Crippen molar-refractivity contribution in [3.63, 3.8) is 0 Å². The zero-order valence-corrected chi connectivity index (χ0v) is 15.2. The lowest BCUT2D eigenvalue weighted by Gasteiger charge is -2.13. The van der Waals surface area contributed by atoms with Gasteiger partial charge in [0.25, 0.3) is 0 Å². The summed E-state index contributed by atoms with van der Waals surface area (Å²) < 4.78 is 20.2. The van der Waals surface area contributed by atoms with Gasteiger partial charge in [0.15, 0.2) is 11.0 Å². The van der Waals surface area contributed by atoms with E-state index in [0.29, 0.717) is 17.6 Å². The number of carbonyl (C=O) groups excluding carboxylic acids is 1. The number of carbonyl (C=O) groups is 1. The molecule has 0 fully saturated rings. The molecule has 1 atom stereocenters. The Balaban J connectivity index is 2.02. The third-order valence-corrected chi connectivity index (χ3v) is 4.67. The maximum atomic E-state index is 13.3. The summed E-state index contributed by atoms with van der Waals surface area (Å²) in [5.41, 5.74) is 1.59. The van der Waals surface area contributed by atoms with Gasteiger partial charge in [0, 0.05) is 11.3 Å². The molecule has 0 aliphatic rings. The van der Waals surface area contributed by atoms with Gasteiger partial charge < -0.3 is 4.74 Å². The quantitative estimate of drug-likeness (QED) is 0.482. The molecule has 0 aliphatic carbocycles. The summed E-state index contributed by atoms with van der Waals surface area (Å²) in [5, 5.41) is 8.65. The fourth-order valence-electron chi connectivity index (χ4n) is 2.41. The lowest BCUT2D eigenvalue weighted by Crippen LogP contribution is -2.17. The van der Waals surface area contributed by atoms with Crippen LogP contribution in [-0.4, -0.2) is 32.6 Å². The van der Waals surface area contributed by atoms with Crippen molar-refractivity contribution >= 4 is 17.7 Å². The summed E-state index contributed by atoms with van der Waals surface area (Å²) >= 11 is 1.27. The Kier molecular flexibility index (Phi) is 5.68. The van der Waals surface area contributed by atoms with Gasteiger partial charge in [-0.25, -0.2) is 4.39 Å². The minimum atomic E-state index is -0.428. The number of esters is 1. The van der Waals surface area contributed by atoms with E-state index in [1.165, 1.54) is 23.9 Å². The molecule has 0 radical (unpaired) electrons. The van der Waals surface area contributed by atoms with Crippen LogP contribution in [0.4, 0.5) is 4.39 Å². The van der Waals surface area contributed by atoms with Crippen molar-refractivity contribution in [2.75, 3.05) is 6.61 Å². The Bertz CT molecular complexity index is 882. The highest BCUT2D eigenvalue weighted by atomic mass is 32.2. The smallest absolute Gasteiger partial charge is 0.319 e. The van der Waals surface area contributed by atoms with E-state index < -0.39 is 5.25 Å². The summed E-state index contributed by atoms with van der Waals surface area (Å²) in [6.07, 6.45) is 0. The van der Waals surface area contributed by atoms with Crippen LogP contribution in [-0.2, 0) is 9.53 Å². The Labute approximate surface area is 155 Å². The molecule has 1 aromatic heterocycles. The number of halogens is 1. The maximum absolute atomic E-state index is 13.3. The number of thioether (sulfide) groups is 1. The molecule has 0 saturated carbocycles. The average Bonchev–Trinajstić information content (AvgIpc) is 3.06. The van der Waals surface area contributed by atoms with Crippen molar-refractivity contribution in [1.29, 1.82) is 0 Å². The number of benzene rings is 2. The first-order valence-corrected chi connectivity index (χ1v) is 9.08. The molecular weight excluding hydrogens is 353 g/mol. The van der Waals surface area contributed by atoms with E-state index in [1.807, 2.05) is 34.9 Å². The molecule has 0 saturated heterocycles. The van der Waals surface area contributed by atoms with Gasteiger partial charge >= 0.3 is 5.97 Å². The van der Waals surface area contributed by atoms with Crippen LogP contribution in [0.3, 0.4) is 0 Å². The van der Waals surface area contributed by atoms with Crippen LogP contribution in [0, 0.1) is 5.82 Å². The Hall–Kier alpha value is -2.67. The average molecular weight is 371 g/mol. The van der Waals surface area contributed by atoms with Crippen LogP contribution >= 0.6 is 11.8 Å². The molecule has 134 valence electrons. The van der Waals surface area contributed by atoms with Crippen molar-refractivity contribution in [2.24, 2.45) is 0 Å². The van der Waals surface area contributed by atoms with E-state index in [2.05, 4.69) is 10.2 Å². The summed E-state index contributed by atoms with van der Waals surface area (Å²) in [6, 6.07) is 15.7. The third-order valence-electron chi connectivity index (χ3n) is 3.65. The standard InChI is InChI=1S/C19H18FN3O2S/c1-3-25-18(24)13(2)26-19-22-21-17(14-9-11-15(20)12-10-14)23(19)16-7-5-4-6-8-16/h4-13H,3H2,1-2H3/t13-/m0/s1. The monoisotopic (exact) mass is 371 g/mol. The van der Waals surface area contributed by atoms with E-state index in [0.717, 1.165) is 11.3 Å². The Morgan fingerprint density at radius 1 is 1.15 bits per heavy atom. The molecule has 0 aliphatic heterocycles. The highest BCUT2D eigenvalue weighted by Gasteiger charge is 2.22. The zero-order chi connectivity index (χ0) is 18.5. The van der Waals surface area contributed by atoms with Gasteiger partial charge in [0.1, 0.15) is 11.1 Å². The molecule has 0 N–H and O–H groups in total. The second-order valence-electron chi connectivity index (χ2n) is 5.50. The van der Waals surface area contributed by atoms with Crippen molar-refractivity contribution < 1.29 is 13.9 Å². The topological polar surface area (TPSA) is 57.0 Å². The number of hydrogen-bond donors (Lipinski definition) is 0. The van der Waals surface area contributed by atoms with Gasteiger partial charge in [0.05, 0.1) is 6.61 Å². The molecule has 3 aromatic rings. The van der Waals surface area contributed by atoms with E-state index >= 15 is 0 Å². The second kappa shape index (κ2) is 8.14. The van der Waals surface area contributed by atoms with Crippen molar-refractivity contribution in [3.05, 3.63) is 60.4 Å². The highest BCUT2D eigenvalue weighted by molar-refractivity contribution is 8.00. The van der Waals surface area contributed by atoms with Gasteiger partial charge in [0.2, 0.25) is 0 Å². The molecule has 1 heterocycles. The molecular formula is C19H18FN3O2S. The van der Waals surface area contributed by atoms with E-state index in [9.17, 15) is 9.18 Å². The first kappa shape index (κ1) is 18.1. The molecule has 0 amide bonds. The van der Waals surface area contributed by atoms with Crippen LogP contribution in [0.2, 0.25) is 0 Å². The summed E-state index contributed by atoms with van der Waals surface area (Å²) in [7, 11) is 0. The Morgan fingerprint density at radius 2 is 1.85 bits per heavy atom. The van der Waals surface area contributed by atoms with Gasteiger partial charge in [-0.2, -0.15) is 0 Å². The third kappa shape index (κ3) is 3.94. The fourth-order valence-corrected chi connectivity index (χ4v) is 3.27. The Morgan fingerprint density at radius 3 is 2.50 bits per heavy atom. The van der Waals surface area contributed by atoms with Crippen molar-refractivity contribution in [2.45, 2.75) is 24.3 Å². The minimum absolute atomic E-state index is 0.302. The normalized spacial score (nSPS) is 12.0. The number of para-hydroxylation sites is 1. The SMILES string of the molecule is CCOC(=O)[C@H](C)Sc1nnc(-c2ccc(F)cc2)n1-c1ccccc1. The fraction of sp³-hybridized carbons (Fsp3) is 0.211. The molecule has 7 heteroatoms. The zero-order valence-electron chi connectivity index (χ0n) is 14.4. The first-order valence-electron chi connectivity index (χ1n) is 8.20. The summed E-state index contributed by atoms with van der Waals surface area (Å²) in [6.45, 7) is 3.87. The van der Waals surface area contributed by atoms with Crippen LogP contribution in [0.15, 0.2) is 59.8 Å². The summed E-state index contributed by atoms with van der Waals surface area (Å²) in [5.74, 6) is -0.0386. The number of rotatable bonds is 6. The molecule has 0 bridgehead atoms. The van der Waals surface area contributed by atoms with Crippen molar-refractivity contribution in [3.8, 4) is 17.1 Å². The molecule has 3 rings (SSSR count). The predicted octanol–water partition coefficient (Wildman–Crippen LogP) is 4.12. The predicted molar refractivity (Wildman–Crippen MR) is 98.7 cm³/mol. The number of aromatic nitrogens is 3. The highest BCUT2D eigenvalue weighted by Crippen LogP contribution is 2.30. The van der Waals surface area contributed by atoms with Crippen LogP contribution in [0.5, 0.6) is 0 Å². The first-order chi connectivity index (χ1) is 12.6. The van der Waals surface area contributed by atoms with Gasteiger partial charge in [-0.05, 0) is 50.2 Å². The van der Waals surface area contributed by atoms with E-state index in [-0.39, 0.29) is 11.8 Å². The number of ether oxygens (including phenoxy) is 1. The lowest BCUT2D eigenvalue weighted by molar-refractivity contribution is -0.142. The van der Waals surface area contributed by atoms with Gasteiger partial charge in [-0.3, -0.25) is 9.36 Å². The largest absolute Gasteiger partial charge is 0.465 e. The van der Waals surface area contributed by atoms with Gasteiger partial charge in [-0.1, -0.05) is 30.0 Å². The van der Waals surface area contributed by atoms with E-state index in [1.54, 1.807) is 26.0 Å².